The molecule has 1 fully saturated rings. The van der Waals surface area contributed by atoms with Gasteiger partial charge in [0.05, 0.1) is 12.0 Å². The van der Waals surface area contributed by atoms with Gasteiger partial charge in [0.1, 0.15) is 11.6 Å². The fourth-order valence-electron chi connectivity index (χ4n) is 1.62. The third-order valence-electron chi connectivity index (χ3n) is 2.56. The lowest BCUT2D eigenvalue weighted by Crippen LogP contribution is -2.38. The standard InChI is InChI=1S/C9H14O3/c1-5-8(11)4-3-7(6(2)10)9(5)12/h5-7,10H,3-4H2,1-2H3. The SMILES string of the molecule is CC1C(=O)CCC(C(C)O)C1=O. The van der Waals surface area contributed by atoms with Gasteiger partial charge in [0.25, 0.3) is 0 Å². The van der Waals surface area contributed by atoms with E-state index in [9.17, 15) is 14.7 Å². The molecule has 1 aliphatic carbocycles. The van der Waals surface area contributed by atoms with Crippen LogP contribution in [0.25, 0.3) is 0 Å². The van der Waals surface area contributed by atoms with E-state index in [-0.39, 0.29) is 17.5 Å². The average molecular weight is 170 g/mol. The number of Topliss-reactive ketones (excluding diaryl/α,β-unsaturated/α-hetero) is 2. The zero-order valence-electron chi connectivity index (χ0n) is 7.41. The molecule has 12 heavy (non-hydrogen) atoms. The number of hydrogen-bond donors (Lipinski definition) is 1. The summed E-state index contributed by atoms with van der Waals surface area (Å²) in [6.07, 6.45) is 0.329. The molecule has 3 nitrogen and oxygen atoms in total. The molecule has 1 N–H and O–H groups in total. The van der Waals surface area contributed by atoms with Gasteiger partial charge in [0, 0.05) is 12.3 Å². The summed E-state index contributed by atoms with van der Waals surface area (Å²) in [4.78, 5) is 22.5. The number of aliphatic hydroxyl groups excluding tert-OH is 1. The summed E-state index contributed by atoms with van der Waals surface area (Å²) in [5, 5.41) is 9.22. The molecule has 0 bridgehead atoms. The Morgan fingerprint density at radius 1 is 1.50 bits per heavy atom. The van der Waals surface area contributed by atoms with Crippen molar-refractivity contribution in [2.75, 3.05) is 0 Å². The number of carbonyl (C=O) groups excluding carboxylic acids is 2. The molecule has 0 aliphatic heterocycles. The highest BCUT2D eigenvalue weighted by atomic mass is 16.3. The van der Waals surface area contributed by atoms with E-state index in [2.05, 4.69) is 0 Å². The van der Waals surface area contributed by atoms with Crippen molar-refractivity contribution in [3.63, 3.8) is 0 Å². The highest BCUT2D eigenvalue weighted by molar-refractivity contribution is 6.05. The zero-order chi connectivity index (χ0) is 9.30. The third kappa shape index (κ3) is 1.55. The van der Waals surface area contributed by atoms with E-state index in [1.165, 1.54) is 0 Å². The van der Waals surface area contributed by atoms with Crippen LogP contribution in [-0.4, -0.2) is 22.8 Å². The summed E-state index contributed by atoms with van der Waals surface area (Å²) < 4.78 is 0. The maximum absolute atomic E-state index is 11.4. The van der Waals surface area contributed by atoms with Gasteiger partial charge in [-0.05, 0) is 20.3 Å². The first-order valence-electron chi connectivity index (χ1n) is 4.28. The van der Waals surface area contributed by atoms with Gasteiger partial charge in [-0.25, -0.2) is 0 Å². The second-order valence-electron chi connectivity index (χ2n) is 3.48. The Morgan fingerprint density at radius 2 is 2.08 bits per heavy atom. The summed E-state index contributed by atoms with van der Waals surface area (Å²) in [5.74, 6) is -0.908. The Bertz CT molecular complexity index is 208. The van der Waals surface area contributed by atoms with Gasteiger partial charge in [-0.2, -0.15) is 0 Å². The van der Waals surface area contributed by atoms with E-state index in [4.69, 9.17) is 0 Å². The van der Waals surface area contributed by atoms with Crippen LogP contribution in [0.4, 0.5) is 0 Å². The molecule has 1 rings (SSSR count). The van der Waals surface area contributed by atoms with Crippen molar-refractivity contribution in [1.29, 1.82) is 0 Å². The molecule has 1 aliphatic rings. The summed E-state index contributed by atoms with van der Waals surface area (Å²) in [5.41, 5.74) is 0. The predicted octanol–water partition coefficient (Wildman–Crippen LogP) is 0.551. The minimum Gasteiger partial charge on any atom is -0.393 e. The van der Waals surface area contributed by atoms with E-state index in [1.54, 1.807) is 13.8 Å². The fourth-order valence-corrected chi connectivity index (χ4v) is 1.62. The van der Waals surface area contributed by atoms with Crippen LogP contribution in [0.1, 0.15) is 26.7 Å². The molecule has 3 unspecified atom stereocenters. The Kier molecular flexibility index (Phi) is 2.62. The molecular weight excluding hydrogens is 156 g/mol. The number of hydrogen-bond acceptors (Lipinski definition) is 3. The molecular formula is C9H14O3. The number of rotatable bonds is 1. The molecule has 3 atom stereocenters. The molecule has 1 saturated carbocycles. The van der Waals surface area contributed by atoms with E-state index >= 15 is 0 Å². The lowest BCUT2D eigenvalue weighted by atomic mass is 9.78. The van der Waals surface area contributed by atoms with Gasteiger partial charge in [-0.3, -0.25) is 9.59 Å². The van der Waals surface area contributed by atoms with Crippen LogP contribution in [0.5, 0.6) is 0 Å². The zero-order valence-corrected chi connectivity index (χ0v) is 7.41. The van der Waals surface area contributed by atoms with Crippen molar-refractivity contribution >= 4 is 11.6 Å². The fraction of sp³-hybridized carbons (Fsp3) is 0.778. The van der Waals surface area contributed by atoms with Crippen molar-refractivity contribution in [2.24, 2.45) is 11.8 Å². The maximum atomic E-state index is 11.4. The van der Waals surface area contributed by atoms with Crippen LogP contribution in [0, 0.1) is 11.8 Å². The highest BCUT2D eigenvalue weighted by Gasteiger charge is 2.35. The topological polar surface area (TPSA) is 54.4 Å². The largest absolute Gasteiger partial charge is 0.393 e. The summed E-state index contributed by atoms with van der Waals surface area (Å²) in [7, 11) is 0. The summed E-state index contributed by atoms with van der Waals surface area (Å²) in [6, 6.07) is 0. The van der Waals surface area contributed by atoms with Gasteiger partial charge < -0.3 is 5.11 Å². The molecule has 68 valence electrons. The smallest absolute Gasteiger partial charge is 0.148 e. The summed E-state index contributed by atoms with van der Waals surface area (Å²) >= 11 is 0. The average Bonchev–Trinajstić information content (AvgIpc) is 2.00. The van der Waals surface area contributed by atoms with Gasteiger partial charge >= 0.3 is 0 Å². The number of carbonyl (C=O) groups is 2. The molecule has 0 amide bonds. The number of ketones is 2. The number of aliphatic hydroxyl groups is 1. The van der Waals surface area contributed by atoms with Crippen molar-refractivity contribution in [1.82, 2.24) is 0 Å². The van der Waals surface area contributed by atoms with E-state index in [0.717, 1.165) is 0 Å². The summed E-state index contributed by atoms with van der Waals surface area (Å²) in [6.45, 7) is 3.23. The second kappa shape index (κ2) is 3.35. The lowest BCUT2D eigenvalue weighted by molar-refractivity contribution is -0.140. The molecule has 0 saturated heterocycles. The molecule has 0 aromatic heterocycles. The molecule has 0 spiro atoms. The van der Waals surface area contributed by atoms with Crippen LogP contribution < -0.4 is 0 Å². The highest BCUT2D eigenvalue weighted by Crippen LogP contribution is 2.25. The van der Waals surface area contributed by atoms with Crippen LogP contribution in [0.2, 0.25) is 0 Å². The van der Waals surface area contributed by atoms with E-state index in [1.807, 2.05) is 0 Å². The maximum Gasteiger partial charge on any atom is 0.148 e. The van der Waals surface area contributed by atoms with E-state index < -0.39 is 12.0 Å². The second-order valence-corrected chi connectivity index (χ2v) is 3.48. The van der Waals surface area contributed by atoms with Gasteiger partial charge in [0.2, 0.25) is 0 Å². The van der Waals surface area contributed by atoms with Crippen LogP contribution in [0.15, 0.2) is 0 Å². The van der Waals surface area contributed by atoms with Crippen molar-refractivity contribution in [3.8, 4) is 0 Å². The van der Waals surface area contributed by atoms with Gasteiger partial charge in [0.15, 0.2) is 0 Å². The molecule has 0 aromatic carbocycles. The minimum absolute atomic E-state index is 0.0110. The Balaban J connectivity index is 2.72. The quantitative estimate of drug-likeness (QED) is 0.585. The van der Waals surface area contributed by atoms with E-state index in [0.29, 0.717) is 12.8 Å². The van der Waals surface area contributed by atoms with Gasteiger partial charge in [-0.15, -0.1) is 0 Å². The monoisotopic (exact) mass is 170 g/mol. The molecule has 0 heterocycles. The first kappa shape index (κ1) is 9.39. The Morgan fingerprint density at radius 3 is 2.58 bits per heavy atom. The van der Waals surface area contributed by atoms with Crippen molar-refractivity contribution < 1.29 is 14.7 Å². The first-order valence-corrected chi connectivity index (χ1v) is 4.28. The van der Waals surface area contributed by atoms with Crippen LogP contribution in [-0.2, 0) is 9.59 Å². The lowest BCUT2D eigenvalue weighted by Gasteiger charge is -2.26. The van der Waals surface area contributed by atoms with Crippen LogP contribution in [0.3, 0.4) is 0 Å². The third-order valence-corrected chi connectivity index (χ3v) is 2.56. The molecule has 3 heteroatoms. The van der Waals surface area contributed by atoms with Crippen molar-refractivity contribution in [3.05, 3.63) is 0 Å². The molecule has 0 radical (unpaired) electrons. The predicted molar refractivity (Wildman–Crippen MR) is 43.6 cm³/mol. The van der Waals surface area contributed by atoms with Crippen molar-refractivity contribution in [2.45, 2.75) is 32.8 Å². The first-order chi connectivity index (χ1) is 5.54. The van der Waals surface area contributed by atoms with Crippen LogP contribution >= 0.6 is 0 Å². The Hall–Kier alpha value is -0.700. The minimum atomic E-state index is -0.618. The normalized spacial score (nSPS) is 33.6. The molecule has 0 aromatic rings. The Labute approximate surface area is 71.8 Å². The van der Waals surface area contributed by atoms with Gasteiger partial charge in [-0.1, -0.05) is 0 Å².